The minimum atomic E-state index is -0.793. The fourth-order valence-corrected chi connectivity index (χ4v) is 2.85. The Bertz CT molecular complexity index is 760. The SMILES string of the molecule is Cc1cccc(-n2ncc(C(=O)NC3CC(C(=O)O)C3)c2C)c1. The summed E-state index contributed by atoms with van der Waals surface area (Å²) in [6.07, 6.45) is 2.54. The monoisotopic (exact) mass is 313 g/mol. The Hall–Kier alpha value is -2.63. The average Bonchev–Trinajstić information content (AvgIpc) is 2.83. The Morgan fingerprint density at radius 3 is 2.70 bits per heavy atom. The Labute approximate surface area is 134 Å². The first-order chi connectivity index (χ1) is 11.0. The predicted octanol–water partition coefficient (Wildman–Crippen LogP) is 2.08. The third-order valence-electron chi connectivity index (χ3n) is 4.32. The highest BCUT2D eigenvalue weighted by atomic mass is 16.4. The largest absolute Gasteiger partial charge is 0.481 e. The van der Waals surface area contributed by atoms with Gasteiger partial charge in [-0.05, 0) is 44.4 Å². The van der Waals surface area contributed by atoms with Crippen molar-refractivity contribution in [3.63, 3.8) is 0 Å². The molecule has 1 heterocycles. The van der Waals surface area contributed by atoms with Crippen LogP contribution in [0.1, 0.15) is 34.5 Å². The van der Waals surface area contributed by atoms with Crippen LogP contribution in [0.3, 0.4) is 0 Å². The molecule has 1 aromatic carbocycles. The van der Waals surface area contributed by atoms with Gasteiger partial charge in [-0.1, -0.05) is 12.1 Å². The number of carbonyl (C=O) groups is 2. The fraction of sp³-hybridized carbons (Fsp3) is 0.353. The van der Waals surface area contributed by atoms with E-state index < -0.39 is 5.97 Å². The predicted molar refractivity (Wildman–Crippen MR) is 84.7 cm³/mol. The number of hydrogen-bond donors (Lipinski definition) is 2. The van der Waals surface area contributed by atoms with E-state index in [4.69, 9.17) is 5.11 Å². The zero-order chi connectivity index (χ0) is 16.6. The molecule has 1 fully saturated rings. The lowest BCUT2D eigenvalue weighted by Gasteiger charge is -2.32. The molecule has 1 aromatic heterocycles. The summed E-state index contributed by atoms with van der Waals surface area (Å²) in [5.41, 5.74) is 3.32. The number of carbonyl (C=O) groups excluding carboxylic acids is 1. The summed E-state index contributed by atoms with van der Waals surface area (Å²) in [4.78, 5) is 23.1. The normalized spacial score (nSPS) is 19.9. The highest BCUT2D eigenvalue weighted by molar-refractivity contribution is 5.95. The van der Waals surface area contributed by atoms with Crippen LogP contribution in [-0.4, -0.2) is 32.8 Å². The van der Waals surface area contributed by atoms with Crippen LogP contribution in [0.25, 0.3) is 5.69 Å². The van der Waals surface area contributed by atoms with Gasteiger partial charge >= 0.3 is 5.97 Å². The highest BCUT2D eigenvalue weighted by Crippen LogP contribution is 2.28. The molecular formula is C17H19N3O3. The number of hydrogen-bond acceptors (Lipinski definition) is 3. The molecule has 1 aliphatic rings. The quantitative estimate of drug-likeness (QED) is 0.905. The van der Waals surface area contributed by atoms with Crippen LogP contribution >= 0.6 is 0 Å². The number of nitrogens with one attached hydrogen (secondary N) is 1. The van der Waals surface area contributed by atoms with E-state index in [2.05, 4.69) is 10.4 Å². The number of rotatable bonds is 4. The third-order valence-corrected chi connectivity index (χ3v) is 4.32. The van der Waals surface area contributed by atoms with Gasteiger partial charge in [0.1, 0.15) is 0 Å². The molecule has 1 saturated carbocycles. The van der Waals surface area contributed by atoms with E-state index in [0.717, 1.165) is 16.9 Å². The van der Waals surface area contributed by atoms with Gasteiger partial charge in [-0.3, -0.25) is 9.59 Å². The molecule has 6 nitrogen and oxygen atoms in total. The summed E-state index contributed by atoms with van der Waals surface area (Å²) in [5.74, 6) is -1.33. The zero-order valence-electron chi connectivity index (χ0n) is 13.1. The van der Waals surface area contributed by atoms with Gasteiger partial charge in [0, 0.05) is 6.04 Å². The van der Waals surface area contributed by atoms with E-state index >= 15 is 0 Å². The standard InChI is InChI=1S/C17H19N3O3/c1-10-4-3-5-14(6-10)20-11(2)15(9-18-20)16(21)19-13-7-12(8-13)17(22)23/h3-6,9,12-13H,7-8H2,1-2H3,(H,19,21)(H,22,23). The number of aromatic nitrogens is 2. The van der Waals surface area contributed by atoms with Gasteiger partial charge in [0.15, 0.2) is 0 Å². The van der Waals surface area contributed by atoms with Crippen molar-refractivity contribution in [3.05, 3.63) is 47.3 Å². The number of aliphatic carboxylic acids is 1. The molecule has 0 saturated heterocycles. The third kappa shape index (κ3) is 2.97. The molecule has 0 radical (unpaired) electrons. The van der Waals surface area contributed by atoms with Gasteiger partial charge < -0.3 is 10.4 Å². The van der Waals surface area contributed by atoms with E-state index in [-0.39, 0.29) is 17.9 Å². The van der Waals surface area contributed by atoms with Crippen LogP contribution in [0.15, 0.2) is 30.5 Å². The lowest BCUT2D eigenvalue weighted by Crippen LogP contribution is -2.46. The maximum absolute atomic E-state index is 12.3. The van der Waals surface area contributed by atoms with Crippen LogP contribution in [0, 0.1) is 19.8 Å². The average molecular weight is 313 g/mol. The van der Waals surface area contributed by atoms with Gasteiger partial charge in [0.2, 0.25) is 0 Å². The van der Waals surface area contributed by atoms with Crippen molar-refractivity contribution in [2.24, 2.45) is 5.92 Å². The summed E-state index contributed by atoms with van der Waals surface area (Å²) in [7, 11) is 0. The summed E-state index contributed by atoms with van der Waals surface area (Å²) < 4.78 is 1.74. The van der Waals surface area contributed by atoms with Crippen molar-refractivity contribution in [2.45, 2.75) is 32.7 Å². The molecule has 6 heteroatoms. The minimum Gasteiger partial charge on any atom is -0.481 e. The van der Waals surface area contributed by atoms with E-state index in [1.54, 1.807) is 10.9 Å². The second-order valence-electron chi connectivity index (χ2n) is 6.07. The number of aryl methyl sites for hydroxylation is 1. The number of amides is 1. The Balaban J connectivity index is 1.72. The van der Waals surface area contributed by atoms with Crippen LogP contribution in [0.2, 0.25) is 0 Å². The van der Waals surface area contributed by atoms with Crippen molar-refractivity contribution in [3.8, 4) is 5.69 Å². The summed E-state index contributed by atoms with van der Waals surface area (Å²) in [5, 5.41) is 16.1. The molecular weight excluding hydrogens is 294 g/mol. The summed E-state index contributed by atoms with van der Waals surface area (Å²) in [6, 6.07) is 7.84. The molecule has 3 rings (SSSR count). The first-order valence-corrected chi connectivity index (χ1v) is 7.61. The molecule has 23 heavy (non-hydrogen) atoms. The summed E-state index contributed by atoms with van der Waals surface area (Å²) >= 11 is 0. The van der Waals surface area contributed by atoms with Crippen LogP contribution in [0.5, 0.6) is 0 Å². The number of carboxylic acids is 1. The molecule has 120 valence electrons. The molecule has 0 bridgehead atoms. The van der Waals surface area contributed by atoms with Gasteiger partial charge in [-0.25, -0.2) is 4.68 Å². The number of nitrogens with zero attached hydrogens (tertiary/aromatic N) is 2. The van der Waals surface area contributed by atoms with Gasteiger partial charge in [0.05, 0.1) is 29.1 Å². The van der Waals surface area contributed by atoms with Crippen molar-refractivity contribution in [1.29, 1.82) is 0 Å². The van der Waals surface area contributed by atoms with Crippen molar-refractivity contribution in [2.75, 3.05) is 0 Å². The van der Waals surface area contributed by atoms with Gasteiger partial charge in [0.25, 0.3) is 5.91 Å². The fourth-order valence-electron chi connectivity index (χ4n) is 2.85. The molecule has 2 N–H and O–H groups in total. The zero-order valence-corrected chi connectivity index (χ0v) is 13.1. The van der Waals surface area contributed by atoms with Crippen molar-refractivity contribution < 1.29 is 14.7 Å². The van der Waals surface area contributed by atoms with Crippen LogP contribution in [0.4, 0.5) is 0 Å². The van der Waals surface area contributed by atoms with Crippen molar-refractivity contribution >= 4 is 11.9 Å². The van der Waals surface area contributed by atoms with Gasteiger partial charge in [-0.2, -0.15) is 5.10 Å². The maximum Gasteiger partial charge on any atom is 0.306 e. The first kappa shape index (κ1) is 15.3. The van der Waals surface area contributed by atoms with Gasteiger partial charge in [-0.15, -0.1) is 0 Å². The molecule has 0 aliphatic heterocycles. The Morgan fingerprint density at radius 1 is 1.30 bits per heavy atom. The number of carboxylic acid groups (broad SMARTS) is 1. The van der Waals surface area contributed by atoms with Crippen molar-refractivity contribution in [1.82, 2.24) is 15.1 Å². The topological polar surface area (TPSA) is 84.2 Å². The highest BCUT2D eigenvalue weighted by Gasteiger charge is 2.35. The van der Waals surface area contributed by atoms with Crippen LogP contribution < -0.4 is 5.32 Å². The van der Waals surface area contributed by atoms with E-state index in [1.165, 1.54) is 0 Å². The second-order valence-corrected chi connectivity index (χ2v) is 6.07. The molecule has 0 unspecified atom stereocenters. The molecule has 2 aromatic rings. The number of benzene rings is 1. The molecule has 0 atom stereocenters. The second kappa shape index (κ2) is 5.87. The van der Waals surface area contributed by atoms with E-state index in [9.17, 15) is 9.59 Å². The first-order valence-electron chi connectivity index (χ1n) is 7.61. The molecule has 1 aliphatic carbocycles. The minimum absolute atomic E-state index is 0.0645. The Kier molecular flexibility index (Phi) is 3.90. The maximum atomic E-state index is 12.3. The summed E-state index contributed by atoms with van der Waals surface area (Å²) in [6.45, 7) is 3.86. The smallest absolute Gasteiger partial charge is 0.306 e. The van der Waals surface area contributed by atoms with E-state index in [0.29, 0.717) is 18.4 Å². The van der Waals surface area contributed by atoms with Crippen LogP contribution in [-0.2, 0) is 4.79 Å². The van der Waals surface area contributed by atoms with E-state index in [1.807, 2.05) is 38.1 Å². The lowest BCUT2D eigenvalue weighted by atomic mass is 9.80. The molecule has 1 amide bonds. The molecule has 0 spiro atoms. The lowest BCUT2D eigenvalue weighted by molar-refractivity contribution is -0.145. The Morgan fingerprint density at radius 2 is 2.04 bits per heavy atom.